The third-order valence-electron chi connectivity index (χ3n) is 8.47. The van der Waals surface area contributed by atoms with Crippen LogP contribution in [0.5, 0.6) is 5.75 Å². The highest BCUT2D eigenvalue weighted by Crippen LogP contribution is 2.57. The molecule has 1 saturated heterocycles. The number of halogens is 1. The molecule has 4 nitrogen and oxygen atoms in total. The average molecular weight is 488 g/mol. The molecule has 1 aliphatic heterocycles. The minimum absolute atomic E-state index is 0.123. The number of hydroxylamine groups is 2. The number of fused-ring (bicyclic) bond motifs is 1. The Bertz CT molecular complexity index is 1240. The van der Waals surface area contributed by atoms with E-state index in [1.807, 2.05) is 59.7 Å². The van der Waals surface area contributed by atoms with Crippen LogP contribution >= 0.6 is 11.6 Å². The lowest BCUT2D eigenvalue weighted by Gasteiger charge is -2.58. The van der Waals surface area contributed by atoms with Crippen molar-refractivity contribution in [1.29, 1.82) is 0 Å². The summed E-state index contributed by atoms with van der Waals surface area (Å²) in [6, 6.07) is 22.0. The fourth-order valence-electron chi connectivity index (χ4n) is 6.88. The lowest BCUT2D eigenvalue weighted by Crippen LogP contribution is -2.61. The molecule has 0 unspecified atom stereocenters. The quantitative estimate of drug-likeness (QED) is 0.403. The summed E-state index contributed by atoms with van der Waals surface area (Å²) in [5.41, 5.74) is 5.69. The number of hydrogen-bond acceptors (Lipinski definition) is 4. The van der Waals surface area contributed by atoms with Gasteiger partial charge in [0.05, 0.1) is 18.7 Å². The first-order valence-electron chi connectivity index (χ1n) is 12.6. The van der Waals surface area contributed by atoms with Crippen LogP contribution in [0, 0.1) is 5.92 Å². The van der Waals surface area contributed by atoms with Gasteiger partial charge in [-0.3, -0.25) is 0 Å². The molecule has 0 aromatic heterocycles. The van der Waals surface area contributed by atoms with Gasteiger partial charge in [0.25, 0.3) is 0 Å². The van der Waals surface area contributed by atoms with E-state index in [-0.39, 0.29) is 17.4 Å². The van der Waals surface area contributed by atoms with Crippen molar-refractivity contribution in [2.24, 2.45) is 5.92 Å². The van der Waals surface area contributed by atoms with Crippen LogP contribution in [0.2, 0.25) is 5.02 Å². The zero-order valence-corrected chi connectivity index (χ0v) is 20.8. The summed E-state index contributed by atoms with van der Waals surface area (Å²) < 4.78 is 5.92. The first-order chi connectivity index (χ1) is 17.1. The van der Waals surface area contributed by atoms with E-state index < -0.39 is 0 Å². The molecule has 3 atom stereocenters. The molecule has 0 amide bonds. The van der Waals surface area contributed by atoms with Crippen molar-refractivity contribution in [3.05, 3.63) is 88.4 Å². The van der Waals surface area contributed by atoms with E-state index in [2.05, 4.69) is 12.1 Å². The second-order valence-electron chi connectivity index (χ2n) is 10.1. The number of nitrogens with zero attached hydrogens (tertiary/aromatic N) is 1. The van der Waals surface area contributed by atoms with Crippen LogP contribution in [0.4, 0.5) is 0 Å². The van der Waals surface area contributed by atoms with Gasteiger partial charge in [0.15, 0.2) is 0 Å². The molecule has 180 valence electrons. The van der Waals surface area contributed by atoms with E-state index in [1.54, 1.807) is 7.11 Å². The maximum absolute atomic E-state index is 12.9. The van der Waals surface area contributed by atoms with Crippen molar-refractivity contribution in [2.75, 3.05) is 13.7 Å². The Balaban J connectivity index is 1.40. The number of piperidine rings is 1. The Kier molecular flexibility index (Phi) is 5.82. The van der Waals surface area contributed by atoms with Gasteiger partial charge in [-0.05, 0) is 84.7 Å². The average Bonchev–Trinajstić information content (AvgIpc) is 2.90. The first-order valence-corrected chi connectivity index (χ1v) is 13.0. The number of carbonyl (C=O) groups excluding carboxylic acids is 1. The summed E-state index contributed by atoms with van der Waals surface area (Å²) >= 11 is 6.15. The summed E-state index contributed by atoms with van der Waals surface area (Å²) in [4.78, 5) is 19.0. The number of rotatable bonds is 4. The van der Waals surface area contributed by atoms with Gasteiger partial charge in [-0.1, -0.05) is 54.8 Å². The molecule has 0 spiro atoms. The SMILES string of the molecule is COc1cc2c(cc1-c1ccc(Cl)cc1)C[C@H]1[C@H]3CCCC[C@@]23CCN1OC(=O)c1ccccc1. The molecule has 3 aromatic rings. The van der Waals surface area contributed by atoms with Crippen molar-refractivity contribution in [3.8, 4) is 16.9 Å². The molecule has 2 aliphatic carbocycles. The molecule has 1 saturated carbocycles. The molecule has 5 heteroatoms. The highest BCUT2D eigenvalue weighted by atomic mass is 35.5. The van der Waals surface area contributed by atoms with E-state index in [1.165, 1.54) is 36.8 Å². The largest absolute Gasteiger partial charge is 0.496 e. The number of ether oxygens (including phenoxy) is 1. The van der Waals surface area contributed by atoms with Crippen LogP contribution in [0.15, 0.2) is 66.7 Å². The Morgan fingerprint density at radius 1 is 1.03 bits per heavy atom. The van der Waals surface area contributed by atoms with Crippen LogP contribution in [0.3, 0.4) is 0 Å². The summed E-state index contributed by atoms with van der Waals surface area (Å²) in [6.07, 6.45) is 6.70. The number of carbonyl (C=O) groups is 1. The van der Waals surface area contributed by atoms with Crippen molar-refractivity contribution in [2.45, 2.75) is 50.0 Å². The zero-order valence-electron chi connectivity index (χ0n) is 20.0. The summed E-state index contributed by atoms with van der Waals surface area (Å²) in [5, 5.41) is 2.72. The molecule has 35 heavy (non-hydrogen) atoms. The molecule has 3 aliphatic rings. The van der Waals surface area contributed by atoms with Gasteiger partial charge in [0, 0.05) is 22.5 Å². The second kappa shape index (κ2) is 9.00. The molecular weight excluding hydrogens is 458 g/mol. The van der Waals surface area contributed by atoms with Crippen molar-refractivity contribution >= 4 is 17.6 Å². The summed E-state index contributed by atoms with van der Waals surface area (Å²) in [5.74, 6) is 1.13. The minimum atomic E-state index is -0.267. The molecule has 2 bridgehead atoms. The van der Waals surface area contributed by atoms with Crippen LogP contribution in [0.1, 0.15) is 53.6 Å². The van der Waals surface area contributed by atoms with Gasteiger partial charge >= 0.3 is 5.97 Å². The van der Waals surface area contributed by atoms with Gasteiger partial charge in [-0.15, -0.1) is 5.06 Å². The molecule has 0 N–H and O–H groups in total. The zero-order chi connectivity index (χ0) is 24.0. The molecule has 3 aromatic carbocycles. The second-order valence-corrected chi connectivity index (χ2v) is 10.6. The number of benzene rings is 3. The smallest absolute Gasteiger partial charge is 0.357 e. The van der Waals surface area contributed by atoms with E-state index in [4.69, 9.17) is 21.2 Å². The number of methoxy groups -OCH3 is 1. The Morgan fingerprint density at radius 2 is 1.83 bits per heavy atom. The van der Waals surface area contributed by atoms with Crippen LogP contribution in [-0.2, 0) is 16.7 Å². The van der Waals surface area contributed by atoms with Crippen molar-refractivity contribution in [3.63, 3.8) is 0 Å². The number of hydrogen-bond donors (Lipinski definition) is 0. The Morgan fingerprint density at radius 3 is 2.60 bits per heavy atom. The maximum atomic E-state index is 12.9. The van der Waals surface area contributed by atoms with E-state index in [9.17, 15) is 4.79 Å². The van der Waals surface area contributed by atoms with E-state index in [0.29, 0.717) is 11.5 Å². The predicted octanol–water partition coefficient (Wildman–Crippen LogP) is 6.85. The fourth-order valence-corrected chi connectivity index (χ4v) is 7.01. The van der Waals surface area contributed by atoms with Gasteiger partial charge in [0.2, 0.25) is 0 Å². The monoisotopic (exact) mass is 487 g/mol. The third-order valence-corrected chi connectivity index (χ3v) is 8.72. The van der Waals surface area contributed by atoms with Gasteiger partial charge in [-0.2, -0.15) is 0 Å². The topological polar surface area (TPSA) is 38.8 Å². The van der Waals surface area contributed by atoms with Crippen LogP contribution in [0.25, 0.3) is 11.1 Å². The predicted molar refractivity (Wildman–Crippen MR) is 138 cm³/mol. The molecular formula is C30H30ClNO3. The van der Waals surface area contributed by atoms with Gasteiger partial charge < -0.3 is 9.57 Å². The van der Waals surface area contributed by atoms with Crippen LogP contribution in [-0.4, -0.2) is 30.7 Å². The lowest BCUT2D eigenvalue weighted by atomic mass is 9.52. The minimum Gasteiger partial charge on any atom is -0.496 e. The van der Waals surface area contributed by atoms with E-state index >= 15 is 0 Å². The maximum Gasteiger partial charge on any atom is 0.357 e. The normalized spacial score (nSPS) is 25.3. The van der Waals surface area contributed by atoms with Crippen molar-refractivity contribution in [1.82, 2.24) is 5.06 Å². The fraction of sp³-hybridized carbons (Fsp3) is 0.367. The Hall–Kier alpha value is -2.82. The van der Waals surface area contributed by atoms with Crippen molar-refractivity contribution < 1.29 is 14.4 Å². The highest BCUT2D eigenvalue weighted by Gasteiger charge is 2.55. The standard InChI is InChI=1S/C30H30ClNO3/c1-34-28-19-26-22(17-24(28)20-10-12-23(31)13-11-20)18-27-25-9-5-6-14-30(25,26)15-16-32(27)35-29(33)21-7-3-2-4-8-21/h2-4,7-8,10-13,17,19,25,27H,5-6,9,14-16,18H2,1H3/t25-,27+,30+/m1/s1. The van der Waals surface area contributed by atoms with Gasteiger partial charge in [0.1, 0.15) is 5.75 Å². The third kappa shape index (κ3) is 3.84. The van der Waals surface area contributed by atoms with E-state index in [0.717, 1.165) is 41.3 Å². The lowest BCUT2D eigenvalue weighted by molar-refractivity contribution is -0.190. The highest BCUT2D eigenvalue weighted by molar-refractivity contribution is 6.30. The molecule has 1 heterocycles. The molecule has 2 fully saturated rings. The molecule has 6 rings (SSSR count). The Labute approximate surface area is 211 Å². The van der Waals surface area contributed by atoms with Gasteiger partial charge in [-0.25, -0.2) is 4.79 Å². The summed E-state index contributed by atoms with van der Waals surface area (Å²) in [6.45, 7) is 0.764. The van der Waals surface area contributed by atoms with Crippen LogP contribution < -0.4 is 4.74 Å². The first kappa shape index (κ1) is 22.6. The molecule has 0 radical (unpaired) electrons. The summed E-state index contributed by atoms with van der Waals surface area (Å²) in [7, 11) is 1.76.